The standard InChI is InChI=1S/C25H26ClN3O5S2/c1-16-7-9-19(10-8-16)36(32,33)29(18-6-4-5-17(26)13-18)15-22(30)27-24-23(25(31)34-3)20-11-12-28(2)14-21(20)35-24/h4-10,13H,11-12,14-15H2,1-3H3,(H,27,30). The summed E-state index contributed by atoms with van der Waals surface area (Å²) >= 11 is 7.44. The van der Waals surface area contributed by atoms with Gasteiger partial charge in [-0.05, 0) is 56.3 Å². The molecule has 1 amide bonds. The Morgan fingerprint density at radius 2 is 1.92 bits per heavy atom. The van der Waals surface area contributed by atoms with Crippen LogP contribution in [0.15, 0.2) is 53.4 Å². The second kappa shape index (κ2) is 10.6. The highest BCUT2D eigenvalue weighted by Crippen LogP contribution is 2.37. The molecule has 1 aliphatic rings. The van der Waals surface area contributed by atoms with Crippen molar-refractivity contribution in [1.29, 1.82) is 0 Å². The van der Waals surface area contributed by atoms with E-state index in [4.69, 9.17) is 16.3 Å². The lowest BCUT2D eigenvalue weighted by Crippen LogP contribution is -2.38. The third kappa shape index (κ3) is 5.41. The molecular weight excluding hydrogens is 522 g/mol. The minimum Gasteiger partial charge on any atom is -0.465 e. The van der Waals surface area contributed by atoms with Crippen LogP contribution < -0.4 is 9.62 Å². The lowest BCUT2D eigenvalue weighted by molar-refractivity contribution is -0.114. The third-order valence-electron chi connectivity index (χ3n) is 5.88. The van der Waals surface area contributed by atoms with Gasteiger partial charge in [0.05, 0.1) is 23.3 Å². The highest BCUT2D eigenvalue weighted by Gasteiger charge is 2.31. The van der Waals surface area contributed by atoms with Gasteiger partial charge in [0.1, 0.15) is 11.5 Å². The van der Waals surface area contributed by atoms with Gasteiger partial charge in [0.25, 0.3) is 10.0 Å². The molecule has 3 aromatic rings. The van der Waals surface area contributed by atoms with Crippen molar-refractivity contribution in [2.45, 2.75) is 24.8 Å². The number of aryl methyl sites for hydroxylation is 1. The summed E-state index contributed by atoms with van der Waals surface area (Å²) in [6, 6.07) is 12.7. The molecule has 0 aliphatic carbocycles. The number of sulfonamides is 1. The number of ether oxygens (including phenoxy) is 1. The lowest BCUT2D eigenvalue weighted by Gasteiger charge is -2.24. The van der Waals surface area contributed by atoms with E-state index in [-0.39, 0.29) is 10.6 Å². The normalized spacial score (nSPS) is 13.7. The maximum absolute atomic E-state index is 13.6. The van der Waals surface area contributed by atoms with Gasteiger partial charge in [0, 0.05) is 23.0 Å². The zero-order chi connectivity index (χ0) is 26.0. The van der Waals surface area contributed by atoms with Crippen molar-refractivity contribution in [2.24, 2.45) is 0 Å². The number of nitrogens with one attached hydrogen (secondary N) is 1. The maximum atomic E-state index is 13.6. The molecule has 0 atom stereocenters. The summed E-state index contributed by atoms with van der Waals surface area (Å²) < 4.78 is 33.2. The van der Waals surface area contributed by atoms with Crippen molar-refractivity contribution in [2.75, 3.05) is 36.9 Å². The number of likely N-dealkylation sites (N-methyl/N-ethyl adjacent to an activating group) is 1. The summed E-state index contributed by atoms with van der Waals surface area (Å²) in [7, 11) is -0.819. The number of hydrogen-bond acceptors (Lipinski definition) is 7. The molecule has 0 unspecified atom stereocenters. The van der Waals surface area contributed by atoms with Crippen LogP contribution in [0.5, 0.6) is 0 Å². The molecule has 0 radical (unpaired) electrons. The molecule has 0 fully saturated rings. The van der Waals surface area contributed by atoms with Crippen molar-refractivity contribution in [1.82, 2.24) is 4.90 Å². The van der Waals surface area contributed by atoms with Crippen molar-refractivity contribution in [3.05, 3.63) is 75.1 Å². The van der Waals surface area contributed by atoms with E-state index in [1.807, 2.05) is 14.0 Å². The average Bonchev–Trinajstić information content (AvgIpc) is 3.18. The van der Waals surface area contributed by atoms with Gasteiger partial charge in [-0.25, -0.2) is 13.2 Å². The number of anilines is 2. The first-order chi connectivity index (χ1) is 17.1. The fraction of sp³-hybridized carbons (Fsp3) is 0.280. The van der Waals surface area contributed by atoms with E-state index in [0.29, 0.717) is 28.6 Å². The number of thiophene rings is 1. The summed E-state index contributed by atoms with van der Waals surface area (Å²) in [5.41, 5.74) is 2.34. The molecule has 2 heterocycles. The molecule has 2 aromatic carbocycles. The van der Waals surface area contributed by atoms with Crippen LogP contribution >= 0.6 is 22.9 Å². The SMILES string of the molecule is COC(=O)c1c(NC(=O)CN(c2cccc(Cl)c2)S(=O)(=O)c2ccc(C)cc2)sc2c1CCN(C)C2. The second-order valence-corrected chi connectivity index (χ2v) is 11.9. The van der Waals surface area contributed by atoms with Gasteiger partial charge < -0.3 is 15.0 Å². The molecule has 4 rings (SSSR count). The lowest BCUT2D eigenvalue weighted by atomic mass is 10.0. The molecule has 0 bridgehead atoms. The molecular formula is C25H26ClN3O5S2. The average molecular weight is 548 g/mol. The molecule has 36 heavy (non-hydrogen) atoms. The van der Waals surface area contributed by atoms with Crippen molar-refractivity contribution in [3.8, 4) is 0 Å². The second-order valence-electron chi connectivity index (χ2n) is 8.54. The van der Waals surface area contributed by atoms with Gasteiger partial charge in [-0.3, -0.25) is 9.10 Å². The smallest absolute Gasteiger partial charge is 0.341 e. The summed E-state index contributed by atoms with van der Waals surface area (Å²) in [5.74, 6) is -1.13. The van der Waals surface area contributed by atoms with E-state index < -0.39 is 28.4 Å². The van der Waals surface area contributed by atoms with Crippen LogP contribution in [0.25, 0.3) is 0 Å². The number of hydrogen-bond donors (Lipinski definition) is 1. The molecule has 0 saturated heterocycles. The number of nitrogens with zero attached hydrogens (tertiary/aromatic N) is 2. The molecule has 1 aromatic heterocycles. The number of esters is 1. The van der Waals surface area contributed by atoms with Crippen molar-refractivity contribution in [3.63, 3.8) is 0 Å². The van der Waals surface area contributed by atoms with Crippen LogP contribution in [-0.4, -0.2) is 52.4 Å². The quantitative estimate of drug-likeness (QED) is 0.443. The highest BCUT2D eigenvalue weighted by molar-refractivity contribution is 7.92. The van der Waals surface area contributed by atoms with Crippen molar-refractivity contribution >= 4 is 55.5 Å². The number of carbonyl (C=O) groups is 2. The number of methoxy groups -OCH3 is 1. The van der Waals surface area contributed by atoms with Crippen LogP contribution in [0.3, 0.4) is 0 Å². The molecule has 8 nitrogen and oxygen atoms in total. The number of carbonyl (C=O) groups excluding carboxylic acids is 2. The minimum absolute atomic E-state index is 0.0470. The summed E-state index contributed by atoms with van der Waals surface area (Å²) in [5, 5.41) is 3.45. The zero-order valence-electron chi connectivity index (χ0n) is 20.1. The molecule has 0 saturated carbocycles. The minimum atomic E-state index is -4.10. The molecule has 1 aliphatic heterocycles. The topological polar surface area (TPSA) is 96.0 Å². The molecule has 11 heteroatoms. The molecule has 1 N–H and O–H groups in total. The van der Waals surface area contributed by atoms with E-state index >= 15 is 0 Å². The van der Waals surface area contributed by atoms with E-state index in [1.165, 1.54) is 36.6 Å². The van der Waals surface area contributed by atoms with Crippen LogP contribution in [0.1, 0.15) is 26.4 Å². The van der Waals surface area contributed by atoms with Gasteiger partial charge in [-0.1, -0.05) is 35.4 Å². The maximum Gasteiger partial charge on any atom is 0.341 e. The Labute approximate surface area is 219 Å². The first kappa shape index (κ1) is 26.2. The van der Waals surface area contributed by atoms with Crippen LogP contribution in [0.2, 0.25) is 5.02 Å². The van der Waals surface area contributed by atoms with Gasteiger partial charge >= 0.3 is 5.97 Å². The fourth-order valence-corrected chi connectivity index (χ4v) is 6.95. The van der Waals surface area contributed by atoms with E-state index in [9.17, 15) is 18.0 Å². The van der Waals surface area contributed by atoms with Gasteiger partial charge in [-0.2, -0.15) is 0 Å². The monoisotopic (exact) mass is 547 g/mol. The predicted molar refractivity (Wildman–Crippen MR) is 141 cm³/mol. The van der Waals surface area contributed by atoms with Crippen molar-refractivity contribution < 1.29 is 22.7 Å². The van der Waals surface area contributed by atoms with Gasteiger partial charge in [-0.15, -0.1) is 11.3 Å². The van der Waals surface area contributed by atoms with Gasteiger partial charge in [0.2, 0.25) is 5.91 Å². The van der Waals surface area contributed by atoms with E-state index in [2.05, 4.69) is 10.2 Å². The summed E-state index contributed by atoms with van der Waals surface area (Å²) in [6.07, 6.45) is 0.652. The Hall–Kier alpha value is -2.92. The zero-order valence-corrected chi connectivity index (χ0v) is 22.5. The van der Waals surface area contributed by atoms with Crippen LogP contribution in [-0.2, 0) is 32.5 Å². The van der Waals surface area contributed by atoms with E-state index in [0.717, 1.165) is 26.9 Å². The molecule has 190 valence electrons. The number of fused-ring (bicyclic) bond motifs is 1. The summed E-state index contributed by atoms with van der Waals surface area (Å²) in [4.78, 5) is 29.0. The Morgan fingerprint density at radius 1 is 1.19 bits per heavy atom. The number of rotatable bonds is 7. The highest BCUT2D eigenvalue weighted by atomic mass is 35.5. The van der Waals surface area contributed by atoms with E-state index in [1.54, 1.807) is 30.3 Å². The number of amides is 1. The Balaban J connectivity index is 1.68. The first-order valence-electron chi connectivity index (χ1n) is 11.2. The first-order valence-corrected chi connectivity index (χ1v) is 13.8. The fourth-order valence-electron chi connectivity index (χ4n) is 4.02. The Morgan fingerprint density at radius 3 is 2.58 bits per heavy atom. The Bertz CT molecular complexity index is 1400. The predicted octanol–water partition coefficient (Wildman–Crippen LogP) is 4.32. The largest absolute Gasteiger partial charge is 0.465 e. The Kier molecular flexibility index (Phi) is 7.70. The molecule has 0 spiro atoms. The van der Waals surface area contributed by atoms with Crippen LogP contribution in [0.4, 0.5) is 10.7 Å². The van der Waals surface area contributed by atoms with Gasteiger partial charge in [0.15, 0.2) is 0 Å². The number of benzene rings is 2. The summed E-state index contributed by atoms with van der Waals surface area (Å²) in [6.45, 7) is 2.77. The van der Waals surface area contributed by atoms with Crippen LogP contribution in [0, 0.1) is 6.92 Å². The number of halogens is 1. The third-order valence-corrected chi connectivity index (χ3v) is 9.04.